The minimum Gasteiger partial charge on any atom is -0.488 e. The summed E-state index contributed by atoms with van der Waals surface area (Å²) in [5.41, 5.74) is 2.18. The lowest BCUT2D eigenvalue weighted by atomic mass is 10.1. The average molecular weight is 421 g/mol. The summed E-state index contributed by atoms with van der Waals surface area (Å²) in [5.74, 6) is 0.867. The maximum Gasteiger partial charge on any atom is 0.255 e. The zero-order valence-electron chi connectivity index (χ0n) is 17.1. The van der Waals surface area contributed by atoms with Gasteiger partial charge in [0.1, 0.15) is 24.0 Å². The number of aromatic nitrogens is 1. The number of para-hydroxylation sites is 1. The van der Waals surface area contributed by atoms with Gasteiger partial charge in [0, 0.05) is 25.8 Å². The number of morpholine rings is 1. The number of pyridine rings is 1. The number of carbonyl (C=O) groups excluding carboxylic acids is 1. The molecule has 0 unspecified atom stereocenters. The lowest BCUT2D eigenvalue weighted by Gasteiger charge is -2.27. The number of ether oxygens (including phenoxy) is 2. The van der Waals surface area contributed by atoms with E-state index in [4.69, 9.17) is 9.47 Å². The van der Waals surface area contributed by atoms with Crippen molar-refractivity contribution in [1.82, 2.24) is 10.3 Å². The number of carbonyl (C=O) groups is 1. The van der Waals surface area contributed by atoms with Crippen molar-refractivity contribution in [2.24, 2.45) is 0 Å². The van der Waals surface area contributed by atoms with Gasteiger partial charge >= 0.3 is 0 Å². The molecule has 6 nitrogen and oxygen atoms in total. The second-order valence-electron chi connectivity index (χ2n) is 7.22. The molecule has 4 rings (SSSR count). The highest BCUT2D eigenvalue weighted by molar-refractivity contribution is 5.96. The quantitative estimate of drug-likeness (QED) is 0.632. The molecule has 0 saturated carbocycles. The average Bonchev–Trinajstić information content (AvgIpc) is 2.83. The molecule has 0 atom stereocenters. The zero-order valence-corrected chi connectivity index (χ0v) is 17.1. The van der Waals surface area contributed by atoms with Crippen molar-refractivity contribution in [2.75, 3.05) is 31.2 Å². The molecule has 160 valence electrons. The highest BCUT2D eigenvalue weighted by Gasteiger charge is 2.14. The lowest BCUT2D eigenvalue weighted by molar-refractivity contribution is 0.0946. The summed E-state index contributed by atoms with van der Waals surface area (Å²) in [5, 5.41) is 2.92. The Balaban J connectivity index is 1.34. The van der Waals surface area contributed by atoms with Crippen LogP contribution in [0.25, 0.3) is 0 Å². The number of benzene rings is 2. The first kappa shape index (κ1) is 20.8. The Morgan fingerprint density at radius 1 is 1.03 bits per heavy atom. The standard InChI is InChI=1S/C24H24FN3O3/c25-20-8-5-18(6-9-20)17-31-22-4-2-1-3-21(22)24(29)27-16-19-7-10-23(26-15-19)28-11-13-30-14-12-28/h1-10,15H,11-14,16-17H2,(H,27,29). The van der Waals surface area contributed by atoms with E-state index in [1.54, 1.807) is 36.5 Å². The van der Waals surface area contributed by atoms with Gasteiger partial charge in [0.2, 0.25) is 0 Å². The number of rotatable bonds is 7. The van der Waals surface area contributed by atoms with E-state index in [1.165, 1.54) is 12.1 Å². The van der Waals surface area contributed by atoms with Crippen LogP contribution in [0, 0.1) is 5.82 Å². The molecule has 7 heteroatoms. The van der Waals surface area contributed by atoms with Gasteiger partial charge in [0.05, 0.1) is 18.8 Å². The minimum absolute atomic E-state index is 0.230. The summed E-state index contributed by atoms with van der Waals surface area (Å²) >= 11 is 0. The summed E-state index contributed by atoms with van der Waals surface area (Å²) in [6, 6.07) is 17.1. The molecule has 1 N–H and O–H groups in total. The Kier molecular flexibility index (Phi) is 6.74. The van der Waals surface area contributed by atoms with E-state index in [0.717, 1.165) is 30.0 Å². The molecule has 1 aromatic heterocycles. The summed E-state index contributed by atoms with van der Waals surface area (Å²) in [6.07, 6.45) is 1.78. The SMILES string of the molecule is O=C(NCc1ccc(N2CCOCC2)nc1)c1ccccc1OCc1ccc(F)cc1. The Morgan fingerprint density at radius 2 is 1.77 bits per heavy atom. The summed E-state index contributed by atoms with van der Waals surface area (Å²) in [6.45, 7) is 3.69. The maximum atomic E-state index is 13.1. The third-order valence-corrected chi connectivity index (χ3v) is 5.04. The molecule has 3 aromatic rings. The van der Waals surface area contributed by atoms with E-state index in [-0.39, 0.29) is 18.3 Å². The van der Waals surface area contributed by atoms with Crippen molar-refractivity contribution in [3.05, 3.63) is 89.4 Å². The van der Waals surface area contributed by atoms with Gasteiger partial charge in [-0.25, -0.2) is 9.37 Å². The molecule has 1 amide bonds. The Hall–Kier alpha value is -3.45. The molecule has 0 bridgehead atoms. The van der Waals surface area contributed by atoms with Gasteiger partial charge < -0.3 is 19.7 Å². The van der Waals surface area contributed by atoms with Gasteiger partial charge in [-0.3, -0.25) is 4.79 Å². The molecular formula is C24H24FN3O3. The number of halogens is 1. The molecule has 0 radical (unpaired) electrons. The fourth-order valence-corrected chi connectivity index (χ4v) is 3.30. The summed E-state index contributed by atoms with van der Waals surface area (Å²) < 4.78 is 24.2. The van der Waals surface area contributed by atoms with Crippen molar-refractivity contribution >= 4 is 11.7 Å². The highest BCUT2D eigenvalue weighted by atomic mass is 19.1. The Bertz CT molecular complexity index is 1000. The second-order valence-corrected chi connectivity index (χ2v) is 7.22. The van der Waals surface area contributed by atoms with Gasteiger partial charge in [0.15, 0.2) is 0 Å². The smallest absolute Gasteiger partial charge is 0.255 e. The summed E-state index contributed by atoms with van der Waals surface area (Å²) in [7, 11) is 0. The third kappa shape index (κ3) is 5.58. The molecule has 2 aromatic carbocycles. The van der Waals surface area contributed by atoms with Crippen LogP contribution in [0.15, 0.2) is 66.9 Å². The normalized spacial score (nSPS) is 13.6. The highest BCUT2D eigenvalue weighted by Crippen LogP contribution is 2.20. The van der Waals surface area contributed by atoms with E-state index in [2.05, 4.69) is 15.2 Å². The van der Waals surface area contributed by atoms with Crippen molar-refractivity contribution < 1.29 is 18.7 Å². The molecule has 1 aliphatic rings. The molecule has 0 aliphatic carbocycles. The first-order chi connectivity index (χ1) is 15.2. The van der Waals surface area contributed by atoms with Crippen molar-refractivity contribution in [3.8, 4) is 5.75 Å². The number of hydrogen-bond donors (Lipinski definition) is 1. The predicted molar refractivity (Wildman–Crippen MR) is 116 cm³/mol. The number of nitrogens with one attached hydrogen (secondary N) is 1. The zero-order chi connectivity index (χ0) is 21.5. The van der Waals surface area contributed by atoms with Crippen molar-refractivity contribution in [1.29, 1.82) is 0 Å². The predicted octanol–water partition coefficient (Wildman–Crippen LogP) is 3.57. The van der Waals surface area contributed by atoms with Crippen molar-refractivity contribution in [3.63, 3.8) is 0 Å². The van der Waals surface area contributed by atoms with Crippen LogP contribution in [0.4, 0.5) is 10.2 Å². The van der Waals surface area contributed by atoms with Gasteiger partial charge in [-0.05, 0) is 41.5 Å². The van der Waals surface area contributed by atoms with E-state index < -0.39 is 0 Å². The molecular weight excluding hydrogens is 397 g/mol. The van der Waals surface area contributed by atoms with Gasteiger partial charge in [-0.1, -0.05) is 30.3 Å². The monoisotopic (exact) mass is 421 g/mol. The Labute approximate surface area is 180 Å². The van der Waals surface area contributed by atoms with E-state index in [1.807, 2.05) is 18.2 Å². The van der Waals surface area contributed by atoms with E-state index in [0.29, 0.717) is 31.1 Å². The molecule has 1 saturated heterocycles. The number of anilines is 1. The fraction of sp³-hybridized carbons (Fsp3) is 0.250. The molecule has 1 fully saturated rings. The van der Waals surface area contributed by atoms with Crippen LogP contribution in [0.5, 0.6) is 5.75 Å². The topological polar surface area (TPSA) is 63.7 Å². The largest absolute Gasteiger partial charge is 0.488 e. The first-order valence-corrected chi connectivity index (χ1v) is 10.2. The van der Waals surface area contributed by atoms with Crippen LogP contribution in [-0.4, -0.2) is 37.2 Å². The first-order valence-electron chi connectivity index (χ1n) is 10.2. The van der Waals surface area contributed by atoms with Crippen LogP contribution in [0.2, 0.25) is 0 Å². The van der Waals surface area contributed by atoms with Gasteiger partial charge in [-0.2, -0.15) is 0 Å². The minimum atomic E-state index is -0.295. The van der Waals surface area contributed by atoms with Crippen LogP contribution in [-0.2, 0) is 17.9 Å². The molecule has 0 spiro atoms. The second kappa shape index (κ2) is 10.0. The summed E-state index contributed by atoms with van der Waals surface area (Å²) in [4.78, 5) is 19.4. The van der Waals surface area contributed by atoms with Gasteiger partial charge in [-0.15, -0.1) is 0 Å². The van der Waals surface area contributed by atoms with Crippen LogP contribution in [0.3, 0.4) is 0 Å². The number of hydrogen-bond acceptors (Lipinski definition) is 5. The lowest BCUT2D eigenvalue weighted by Crippen LogP contribution is -2.36. The third-order valence-electron chi connectivity index (χ3n) is 5.04. The molecule has 31 heavy (non-hydrogen) atoms. The van der Waals surface area contributed by atoms with Gasteiger partial charge in [0.25, 0.3) is 5.91 Å². The van der Waals surface area contributed by atoms with Crippen molar-refractivity contribution in [2.45, 2.75) is 13.2 Å². The Morgan fingerprint density at radius 3 is 2.52 bits per heavy atom. The van der Waals surface area contributed by atoms with Crippen LogP contribution >= 0.6 is 0 Å². The molecule has 2 heterocycles. The van der Waals surface area contributed by atoms with Crippen LogP contribution in [0.1, 0.15) is 21.5 Å². The maximum absolute atomic E-state index is 13.1. The van der Waals surface area contributed by atoms with E-state index >= 15 is 0 Å². The fourth-order valence-electron chi connectivity index (χ4n) is 3.30. The molecule has 1 aliphatic heterocycles. The number of amides is 1. The van der Waals surface area contributed by atoms with Crippen LogP contribution < -0.4 is 15.0 Å². The number of nitrogens with zero attached hydrogens (tertiary/aromatic N) is 2. The van der Waals surface area contributed by atoms with E-state index in [9.17, 15) is 9.18 Å².